The van der Waals surface area contributed by atoms with Gasteiger partial charge in [0, 0.05) is 11.6 Å². The minimum Gasteiger partial charge on any atom is -0.496 e. The Kier molecular flexibility index (Phi) is 4.16. The smallest absolute Gasteiger partial charge is 0.153 e. The van der Waals surface area contributed by atoms with Gasteiger partial charge in [-0.25, -0.2) is 8.42 Å². The van der Waals surface area contributed by atoms with Crippen LogP contribution >= 0.6 is 0 Å². The summed E-state index contributed by atoms with van der Waals surface area (Å²) in [7, 11) is -1.38. The summed E-state index contributed by atoms with van der Waals surface area (Å²) in [6.07, 6.45) is 0.809. The highest BCUT2D eigenvalue weighted by molar-refractivity contribution is 7.91. The fraction of sp³-hybridized carbons (Fsp3) is 0.571. The zero-order valence-corrected chi connectivity index (χ0v) is 12.5. The number of ether oxygens (including phenoxy) is 1. The van der Waals surface area contributed by atoms with E-state index in [2.05, 4.69) is 5.32 Å². The predicted octanol–water partition coefficient (Wildman–Crippen LogP) is 1.84. The van der Waals surface area contributed by atoms with Crippen LogP contribution < -0.4 is 10.1 Å². The Labute approximate surface area is 115 Å². The second kappa shape index (κ2) is 5.51. The van der Waals surface area contributed by atoms with Crippen LogP contribution in [0.15, 0.2) is 18.2 Å². The SMILES string of the molecule is CCC1CS(=O)(=O)CC(c2cc(C)ccc2OC)N1. The summed E-state index contributed by atoms with van der Waals surface area (Å²) in [5.41, 5.74) is 2.04. The van der Waals surface area contributed by atoms with Crippen molar-refractivity contribution in [1.29, 1.82) is 0 Å². The van der Waals surface area contributed by atoms with Crippen LogP contribution in [0.2, 0.25) is 0 Å². The molecule has 0 spiro atoms. The van der Waals surface area contributed by atoms with E-state index in [1.165, 1.54) is 0 Å². The standard InChI is InChI=1S/C14H21NO3S/c1-4-11-8-19(16,17)9-13(15-11)12-7-10(2)5-6-14(12)18-3/h5-7,11,13,15H,4,8-9H2,1-3H3. The number of hydrogen-bond acceptors (Lipinski definition) is 4. The van der Waals surface area contributed by atoms with Crippen molar-refractivity contribution in [3.63, 3.8) is 0 Å². The summed E-state index contributed by atoms with van der Waals surface area (Å²) in [4.78, 5) is 0. The van der Waals surface area contributed by atoms with Crippen molar-refractivity contribution < 1.29 is 13.2 Å². The second-order valence-corrected chi connectivity index (χ2v) is 7.30. The van der Waals surface area contributed by atoms with Gasteiger partial charge in [-0.1, -0.05) is 24.6 Å². The third kappa shape index (κ3) is 3.28. The molecule has 1 aromatic rings. The van der Waals surface area contributed by atoms with Crippen molar-refractivity contribution in [3.05, 3.63) is 29.3 Å². The maximum atomic E-state index is 12.0. The number of nitrogens with one attached hydrogen (secondary N) is 1. The Balaban J connectivity index is 2.37. The van der Waals surface area contributed by atoms with Crippen molar-refractivity contribution in [2.24, 2.45) is 0 Å². The maximum absolute atomic E-state index is 12.0. The molecule has 1 heterocycles. The molecule has 0 radical (unpaired) electrons. The molecule has 19 heavy (non-hydrogen) atoms. The van der Waals surface area contributed by atoms with E-state index in [0.29, 0.717) is 0 Å². The van der Waals surface area contributed by atoms with Crippen LogP contribution in [-0.4, -0.2) is 33.1 Å². The minimum absolute atomic E-state index is 0.0222. The highest BCUT2D eigenvalue weighted by Crippen LogP contribution is 2.30. The van der Waals surface area contributed by atoms with Crippen LogP contribution in [0, 0.1) is 6.92 Å². The number of sulfone groups is 1. The van der Waals surface area contributed by atoms with E-state index in [4.69, 9.17) is 4.74 Å². The molecule has 1 aliphatic heterocycles. The zero-order chi connectivity index (χ0) is 14.0. The third-order valence-electron chi connectivity index (χ3n) is 3.57. The van der Waals surface area contributed by atoms with Crippen molar-refractivity contribution in [3.8, 4) is 5.75 Å². The average Bonchev–Trinajstić information content (AvgIpc) is 2.36. The molecule has 1 fully saturated rings. The van der Waals surface area contributed by atoms with Crippen molar-refractivity contribution in [2.75, 3.05) is 18.6 Å². The number of benzene rings is 1. The molecule has 2 atom stereocenters. The van der Waals surface area contributed by atoms with Crippen LogP contribution in [0.5, 0.6) is 5.75 Å². The highest BCUT2D eigenvalue weighted by Gasteiger charge is 2.32. The first-order valence-electron chi connectivity index (χ1n) is 6.56. The summed E-state index contributed by atoms with van der Waals surface area (Å²) in [5, 5.41) is 3.42. The van der Waals surface area contributed by atoms with Crippen LogP contribution in [0.1, 0.15) is 30.5 Å². The number of rotatable bonds is 3. The van der Waals surface area contributed by atoms with Crippen LogP contribution in [-0.2, 0) is 9.84 Å². The fourth-order valence-electron chi connectivity index (χ4n) is 2.55. The predicted molar refractivity (Wildman–Crippen MR) is 76.3 cm³/mol. The molecular formula is C14H21NO3S. The fourth-order valence-corrected chi connectivity index (χ4v) is 4.42. The van der Waals surface area contributed by atoms with E-state index >= 15 is 0 Å². The first-order chi connectivity index (χ1) is 8.95. The van der Waals surface area contributed by atoms with Gasteiger partial charge in [-0.2, -0.15) is 0 Å². The van der Waals surface area contributed by atoms with Gasteiger partial charge < -0.3 is 10.1 Å². The molecule has 0 bridgehead atoms. The Morgan fingerprint density at radius 2 is 2.11 bits per heavy atom. The van der Waals surface area contributed by atoms with Crippen LogP contribution in [0.3, 0.4) is 0 Å². The molecule has 0 amide bonds. The molecular weight excluding hydrogens is 262 g/mol. The lowest BCUT2D eigenvalue weighted by molar-refractivity contribution is 0.389. The van der Waals surface area contributed by atoms with Crippen LogP contribution in [0.25, 0.3) is 0 Å². The molecule has 1 N–H and O–H groups in total. The van der Waals surface area contributed by atoms with Crippen LogP contribution in [0.4, 0.5) is 0 Å². The summed E-state index contributed by atoms with van der Waals surface area (Å²) in [6, 6.07) is 5.71. The Morgan fingerprint density at radius 3 is 2.74 bits per heavy atom. The summed E-state index contributed by atoms with van der Waals surface area (Å²) >= 11 is 0. The molecule has 0 aliphatic carbocycles. The topological polar surface area (TPSA) is 55.4 Å². The van der Waals surface area contributed by atoms with Gasteiger partial charge in [0.2, 0.25) is 0 Å². The largest absolute Gasteiger partial charge is 0.496 e. The van der Waals surface area contributed by atoms with Gasteiger partial charge in [-0.15, -0.1) is 0 Å². The molecule has 4 nitrogen and oxygen atoms in total. The van der Waals surface area contributed by atoms with Gasteiger partial charge in [-0.05, 0) is 19.4 Å². The van der Waals surface area contributed by atoms with E-state index in [1.54, 1.807) is 7.11 Å². The monoisotopic (exact) mass is 283 g/mol. The lowest BCUT2D eigenvalue weighted by atomic mass is 10.0. The third-order valence-corrected chi connectivity index (χ3v) is 5.32. The van der Waals surface area contributed by atoms with Crippen molar-refractivity contribution >= 4 is 9.84 Å². The first kappa shape index (κ1) is 14.3. The number of hydrogen-bond donors (Lipinski definition) is 1. The van der Waals surface area contributed by atoms with E-state index < -0.39 is 9.84 Å². The molecule has 1 aliphatic rings. The van der Waals surface area contributed by atoms with E-state index in [0.717, 1.165) is 23.3 Å². The van der Waals surface area contributed by atoms with E-state index in [9.17, 15) is 8.42 Å². The lowest BCUT2D eigenvalue weighted by Gasteiger charge is -2.31. The average molecular weight is 283 g/mol. The molecule has 5 heteroatoms. The van der Waals surface area contributed by atoms with E-state index in [1.807, 2.05) is 32.0 Å². The Hall–Kier alpha value is -1.07. The molecule has 2 unspecified atom stereocenters. The highest BCUT2D eigenvalue weighted by atomic mass is 32.2. The quantitative estimate of drug-likeness (QED) is 0.919. The molecule has 1 saturated heterocycles. The molecule has 1 aromatic carbocycles. The summed E-state index contributed by atoms with van der Waals surface area (Å²) in [5.74, 6) is 1.12. The van der Waals surface area contributed by atoms with Gasteiger partial charge in [0.1, 0.15) is 5.75 Å². The van der Waals surface area contributed by atoms with Crippen molar-refractivity contribution in [1.82, 2.24) is 5.32 Å². The van der Waals surface area contributed by atoms with Gasteiger partial charge in [0.25, 0.3) is 0 Å². The van der Waals surface area contributed by atoms with Crippen molar-refractivity contribution in [2.45, 2.75) is 32.4 Å². The Bertz CT molecular complexity index is 554. The lowest BCUT2D eigenvalue weighted by Crippen LogP contribution is -2.46. The van der Waals surface area contributed by atoms with Gasteiger partial charge in [-0.3, -0.25) is 0 Å². The summed E-state index contributed by atoms with van der Waals surface area (Å²) in [6.45, 7) is 4.00. The number of methoxy groups -OCH3 is 1. The first-order valence-corrected chi connectivity index (χ1v) is 8.38. The number of aryl methyl sites for hydroxylation is 1. The van der Waals surface area contributed by atoms with E-state index in [-0.39, 0.29) is 23.6 Å². The Morgan fingerprint density at radius 1 is 1.37 bits per heavy atom. The molecule has 106 valence electrons. The maximum Gasteiger partial charge on any atom is 0.153 e. The molecule has 2 rings (SSSR count). The van der Waals surface area contributed by atoms with Gasteiger partial charge in [0.15, 0.2) is 9.84 Å². The van der Waals surface area contributed by atoms with Gasteiger partial charge in [0.05, 0.1) is 24.7 Å². The second-order valence-electron chi connectivity index (χ2n) is 5.15. The summed E-state index contributed by atoms with van der Waals surface area (Å²) < 4.78 is 29.4. The molecule has 0 saturated carbocycles. The van der Waals surface area contributed by atoms with Gasteiger partial charge >= 0.3 is 0 Å². The zero-order valence-electron chi connectivity index (χ0n) is 11.6. The normalized spacial score (nSPS) is 26.1. The molecule has 0 aromatic heterocycles. The minimum atomic E-state index is -3.00.